The molecule has 0 saturated heterocycles. The maximum Gasteiger partial charge on any atom is 0.307 e. The van der Waals surface area contributed by atoms with Crippen LogP contribution in [0.4, 0.5) is 0 Å². The zero-order valence-electron chi connectivity index (χ0n) is 13.7. The van der Waals surface area contributed by atoms with Crippen molar-refractivity contribution >= 4 is 39.4 Å². The summed E-state index contributed by atoms with van der Waals surface area (Å²) < 4.78 is 10.6. The van der Waals surface area contributed by atoms with Crippen molar-refractivity contribution in [2.24, 2.45) is 0 Å². The molecule has 0 aliphatic carbocycles. The quantitative estimate of drug-likeness (QED) is 0.705. The molecule has 7 heteroatoms. The molecule has 1 N–H and O–H groups in total. The Hall–Kier alpha value is -2.05. The highest BCUT2D eigenvalue weighted by atomic mass is 79.9. The first-order valence-electron chi connectivity index (χ1n) is 7.41. The van der Waals surface area contributed by atoms with Crippen molar-refractivity contribution in [2.45, 2.75) is 12.5 Å². The molecule has 5 nitrogen and oxygen atoms in total. The number of esters is 1. The summed E-state index contributed by atoms with van der Waals surface area (Å²) in [6.07, 6.45) is 0.00269. The summed E-state index contributed by atoms with van der Waals surface area (Å²) in [5.74, 6) is -0.118. The highest BCUT2D eigenvalue weighted by Gasteiger charge is 2.21. The third kappa shape index (κ3) is 5.21. The van der Waals surface area contributed by atoms with Crippen LogP contribution in [0.25, 0.3) is 0 Å². The van der Waals surface area contributed by atoms with Crippen LogP contribution in [-0.4, -0.2) is 26.1 Å². The minimum atomic E-state index is -0.550. The first-order valence-corrected chi connectivity index (χ1v) is 8.58. The second kappa shape index (κ2) is 8.87. The van der Waals surface area contributed by atoms with Crippen molar-refractivity contribution in [2.75, 3.05) is 14.2 Å². The van der Waals surface area contributed by atoms with Gasteiger partial charge in [0.15, 0.2) is 0 Å². The predicted octanol–water partition coefficient (Wildman–Crippen LogP) is 4.15. The van der Waals surface area contributed by atoms with Crippen LogP contribution in [0, 0.1) is 0 Å². The third-order valence-electron chi connectivity index (χ3n) is 3.60. The van der Waals surface area contributed by atoms with E-state index in [2.05, 4.69) is 21.2 Å². The number of nitrogens with one attached hydrogen (secondary N) is 1. The number of hydrogen-bond acceptors (Lipinski definition) is 4. The second-order valence-corrected chi connectivity index (χ2v) is 6.53. The van der Waals surface area contributed by atoms with Crippen LogP contribution in [-0.2, 0) is 9.53 Å². The Kier molecular flexibility index (Phi) is 6.84. The zero-order chi connectivity index (χ0) is 18.4. The molecule has 0 radical (unpaired) electrons. The number of carbonyl (C=O) groups excluding carboxylic acids is 2. The van der Waals surface area contributed by atoms with Gasteiger partial charge in [-0.15, -0.1) is 0 Å². The summed E-state index contributed by atoms with van der Waals surface area (Å²) in [5, 5.41) is 3.15. The van der Waals surface area contributed by atoms with E-state index in [1.54, 1.807) is 49.6 Å². The highest BCUT2D eigenvalue weighted by molar-refractivity contribution is 9.10. The summed E-state index contributed by atoms with van der Waals surface area (Å²) in [5.41, 5.74) is 1.08. The maximum atomic E-state index is 12.6. The van der Waals surface area contributed by atoms with Gasteiger partial charge < -0.3 is 14.8 Å². The lowest BCUT2D eigenvalue weighted by Crippen LogP contribution is -2.30. The Morgan fingerprint density at radius 3 is 2.40 bits per heavy atom. The van der Waals surface area contributed by atoms with E-state index in [0.29, 0.717) is 16.3 Å². The van der Waals surface area contributed by atoms with Crippen LogP contribution in [0.3, 0.4) is 0 Å². The lowest BCUT2D eigenvalue weighted by atomic mass is 10.0. The number of amides is 1. The summed E-state index contributed by atoms with van der Waals surface area (Å²) in [6.45, 7) is 0. The van der Waals surface area contributed by atoms with E-state index in [1.165, 1.54) is 7.11 Å². The Bertz CT molecular complexity index is 764. The van der Waals surface area contributed by atoms with Gasteiger partial charge in [0.2, 0.25) is 0 Å². The van der Waals surface area contributed by atoms with Crippen LogP contribution in [0.1, 0.15) is 28.4 Å². The van der Waals surface area contributed by atoms with Crippen molar-refractivity contribution in [1.29, 1.82) is 0 Å². The molecule has 0 saturated carbocycles. The second-order valence-electron chi connectivity index (χ2n) is 5.20. The fraction of sp³-hybridized carbons (Fsp3) is 0.222. The minimum absolute atomic E-state index is 0.00269. The first-order chi connectivity index (χ1) is 11.9. The van der Waals surface area contributed by atoms with E-state index in [4.69, 9.17) is 21.1 Å². The Labute approximate surface area is 159 Å². The van der Waals surface area contributed by atoms with E-state index in [1.807, 2.05) is 0 Å². The zero-order valence-corrected chi connectivity index (χ0v) is 16.1. The fourth-order valence-corrected chi connectivity index (χ4v) is 3.01. The Balaban J connectivity index is 2.25. The van der Waals surface area contributed by atoms with Gasteiger partial charge in [-0.1, -0.05) is 39.7 Å². The lowest BCUT2D eigenvalue weighted by Gasteiger charge is -2.19. The summed E-state index contributed by atoms with van der Waals surface area (Å²) in [7, 11) is 2.87. The van der Waals surface area contributed by atoms with Gasteiger partial charge in [0.25, 0.3) is 5.91 Å². The van der Waals surface area contributed by atoms with Gasteiger partial charge in [0.1, 0.15) is 5.75 Å². The van der Waals surface area contributed by atoms with E-state index in [0.717, 1.165) is 10.0 Å². The van der Waals surface area contributed by atoms with E-state index in [-0.39, 0.29) is 12.3 Å². The molecule has 1 atom stereocenters. The van der Waals surface area contributed by atoms with Crippen LogP contribution < -0.4 is 10.1 Å². The molecule has 0 aromatic heterocycles. The fourth-order valence-electron chi connectivity index (χ4n) is 2.25. The average Bonchev–Trinajstić information content (AvgIpc) is 2.60. The topological polar surface area (TPSA) is 64.6 Å². The molecule has 2 rings (SSSR count). The maximum absolute atomic E-state index is 12.6. The number of carbonyl (C=O) groups is 2. The van der Waals surface area contributed by atoms with Crippen LogP contribution in [0.5, 0.6) is 5.75 Å². The molecule has 132 valence electrons. The van der Waals surface area contributed by atoms with Gasteiger partial charge in [-0.25, -0.2) is 0 Å². The van der Waals surface area contributed by atoms with E-state index < -0.39 is 12.0 Å². The SMILES string of the molecule is COC(=O)CC(NC(=O)c1ccc(Br)cc1Cl)c1ccc(OC)cc1. The summed E-state index contributed by atoms with van der Waals surface area (Å²) in [4.78, 5) is 24.3. The number of ether oxygens (including phenoxy) is 2. The molecule has 2 aromatic carbocycles. The molecule has 1 amide bonds. The average molecular weight is 427 g/mol. The van der Waals surface area contributed by atoms with Crippen LogP contribution >= 0.6 is 27.5 Å². The molecule has 0 bridgehead atoms. The number of halogens is 2. The van der Waals surface area contributed by atoms with Crippen molar-refractivity contribution < 1.29 is 19.1 Å². The smallest absolute Gasteiger partial charge is 0.307 e. The highest BCUT2D eigenvalue weighted by Crippen LogP contribution is 2.24. The van der Waals surface area contributed by atoms with Crippen LogP contribution in [0.2, 0.25) is 5.02 Å². The standard InChI is InChI=1S/C18H17BrClNO4/c1-24-13-6-3-11(4-7-13)16(10-17(22)25-2)21-18(23)14-8-5-12(19)9-15(14)20/h3-9,16H,10H2,1-2H3,(H,21,23). The van der Waals surface area contributed by atoms with Crippen molar-refractivity contribution in [3.05, 3.63) is 63.1 Å². The number of benzene rings is 2. The van der Waals surface area contributed by atoms with Crippen molar-refractivity contribution in [3.8, 4) is 5.75 Å². The Morgan fingerprint density at radius 2 is 1.84 bits per heavy atom. The molecular formula is C18H17BrClNO4. The lowest BCUT2D eigenvalue weighted by molar-refractivity contribution is -0.141. The van der Waals surface area contributed by atoms with Crippen molar-refractivity contribution in [1.82, 2.24) is 5.32 Å². The summed E-state index contributed by atoms with van der Waals surface area (Å²) in [6, 6.07) is 11.5. The number of hydrogen-bond donors (Lipinski definition) is 1. The number of methoxy groups -OCH3 is 2. The molecular weight excluding hydrogens is 410 g/mol. The normalized spacial score (nSPS) is 11.5. The third-order valence-corrected chi connectivity index (χ3v) is 4.40. The molecule has 2 aromatic rings. The van der Waals surface area contributed by atoms with Gasteiger partial charge in [-0.3, -0.25) is 9.59 Å². The summed E-state index contributed by atoms with van der Waals surface area (Å²) >= 11 is 9.43. The molecule has 0 fully saturated rings. The van der Waals surface area contributed by atoms with Crippen molar-refractivity contribution in [3.63, 3.8) is 0 Å². The van der Waals surface area contributed by atoms with Gasteiger partial charge >= 0.3 is 5.97 Å². The number of rotatable bonds is 6. The van der Waals surface area contributed by atoms with E-state index in [9.17, 15) is 9.59 Å². The monoisotopic (exact) mass is 425 g/mol. The van der Waals surface area contributed by atoms with Gasteiger partial charge in [0, 0.05) is 4.47 Å². The minimum Gasteiger partial charge on any atom is -0.497 e. The van der Waals surface area contributed by atoms with Crippen LogP contribution in [0.15, 0.2) is 46.9 Å². The molecule has 0 aliphatic heterocycles. The molecule has 1 unspecified atom stereocenters. The largest absolute Gasteiger partial charge is 0.497 e. The first kappa shape index (κ1) is 19.3. The molecule has 0 spiro atoms. The van der Waals surface area contributed by atoms with Gasteiger partial charge in [-0.2, -0.15) is 0 Å². The molecule has 0 heterocycles. The van der Waals surface area contributed by atoms with Gasteiger partial charge in [-0.05, 0) is 35.9 Å². The molecule has 0 aliphatic rings. The van der Waals surface area contributed by atoms with E-state index >= 15 is 0 Å². The predicted molar refractivity (Wildman–Crippen MR) is 99.0 cm³/mol. The van der Waals surface area contributed by atoms with Gasteiger partial charge in [0.05, 0.1) is 37.3 Å². The molecule has 25 heavy (non-hydrogen) atoms. The Morgan fingerprint density at radius 1 is 1.16 bits per heavy atom.